The summed E-state index contributed by atoms with van der Waals surface area (Å²) in [6.45, 7) is 3.85. The molecule has 1 aromatic carbocycles. The summed E-state index contributed by atoms with van der Waals surface area (Å²) in [5, 5.41) is 10.7. The number of carbonyl (C=O) groups excluding carboxylic acids is 1. The number of aromatic nitrogens is 4. The molecule has 8 nitrogen and oxygen atoms in total. The summed E-state index contributed by atoms with van der Waals surface area (Å²) in [5.74, 6) is -0.146. The number of benzene rings is 1. The quantitative estimate of drug-likeness (QED) is 0.463. The van der Waals surface area contributed by atoms with Gasteiger partial charge >= 0.3 is 6.18 Å². The molecule has 5 rings (SSSR count). The Bertz CT molecular complexity index is 1200. The smallest absolute Gasteiger partial charge is 0.352 e. The Morgan fingerprint density at radius 1 is 1.11 bits per heavy atom. The second-order valence-corrected chi connectivity index (χ2v) is 9.82. The lowest BCUT2D eigenvalue weighted by Crippen LogP contribution is -2.41. The Kier molecular flexibility index (Phi) is 6.85. The first-order valence-electron chi connectivity index (χ1n) is 12.2. The molecule has 1 aliphatic heterocycles. The van der Waals surface area contributed by atoms with Crippen LogP contribution in [0.1, 0.15) is 52.0 Å². The van der Waals surface area contributed by atoms with E-state index in [4.69, 9.17) is 0 Å². The van der Waals surface area contributed by atoms with Gasteiger partial charge in [-0.15, -0.1) is 0 Å². The third-order valence-electron chi connectivity index (χ3n) is 7.11. The summed E-state index contributed by atoms with van der Waals surface area (Å²) in [5.41, 5.74) is 7.69. The zero-order valence-electron chi connectivity index (χ0n) is 20.1. The molecular weight excluding hydrogens is 471 g/mol. The molecule has 3 N–H and O–H groups in total. The molecule has 1 saturated heterocycles. The maximum Gasteiger partial charge on any atom is 0.435 e. The summed E-state index contributed by atoms with van der Waals surface area (Å²) in [4.78, 5) is 12.8. The van der Waals surface area contributed by atoms with Crippen LogP contribution in [0, 0.1) is 18.8 Å². The van der Waals surface area contributed by atoms with Gasteiger partial charge in [0, 0.05) is 31.5 Å². The van der Waals surface area contributed by atoms with E-state index in [0.717, 1.165) is 42.5 Å². The maximum absolute atomic E-state index is 13.7. The number of carbonyl (C=O) groups is 1. The van der Waals surface area contributed by atoms with Crippen LogP contribution in [0.15, 0.2) is 42.9 Å². The number of hydrazine groups is 1. The molecule has 1 saturated carbocycles. The van der Waals surface area contributed by atoms with Crippen molar-refractivity contribution in [2.24, 2.45) is 11.8 Å². The first kappa shape index (κ1) is 24.5. The van der Waals surface area contributed by atoms with Gasteiger partial charge in [-0.3, -0.25) is 25.0 Å². The molecule has 3 atom stereocenters. The van der Waals surface area contributed by atoms with Crippen molar-refractivity contribution in [3.05, 3.63) is 70.8 Å². The lowest BCUT2D eigenvalue weighted by molar-refractivity contribution is -0.141. The van der Waals surface area contributed by atoms with Gasteiger partial charge in [0.15, 0.2) is 5.69 Å². The number of aryl methyl sites for hydroxylation is 1. The molecule has 0 bridgehead atoms. The molecule has 0 radical (unpaired) electrons. The third-order valence-corrected chi connectivity index (χ3v) is 7.11. The topological polar surface area (TPSA) is 88.8 Å². The SMILES string of the molecule is Cc1cnn(Cc2ccc(Cn3cc(C(=O)NCC4CCCC5NNCC45)c(C(F)(F)F)n3)cc2)c1. The van der Waals surface area contributed by atoms with Gasteiger partial charge in [-0.1, -0.05) is 30.7 Å². The molecule has 3 aromatic rings. The summed E-state index contributed by atoms with van der Waals surface area (Å²) in [7, 11) is 0. The van der Waals surface area contributed by atoms with Crippen LogP contribution >= 0.6 is 0 Å². The molecule has 2 fully saturated rings. The van der Waals surface area contributed by atoms with Crippen molar-refractivity contribution in [2.75, 3.05) is 13.1 Å². The van der Waals surface area contributed by atoms with E-state index in [-0.39, 0.29) is 12.5 Å². The van der Waals surface area contributed by atoms with Gasteiger partial charge in [-0.05, 0) is 48.3 Å². The van der Waals surface area contributed by atoms with Crippen molar-refractivity contribution in [3.8, 4) is 0 Å². The van der Waals surface area contributed by atoms with Crippen LogP contribution in [0.4, 0.5) is 13.2 Å². The fourth-order valence-electron chi connectivity index (χ4n) is 5.28. The number of hydrogen-bond donors (Lipinski definition) is 3. The monoisotopic (exact) mass is 501 g/mol. The van der Waals surface area contributed by atoms with E-state index in [2.05, 4.69) is 26.4 Å². The van der Waals surface area contributed by atoms with Gasteiger partial charge in [-0.2, -0.15) is 23.4 Å². The van der Waals surface area contributed by atoms with Gasteiger partial charge in [-0.25, -0.2) is 0 Å². The Hall–Kier alpha value is -3.18. The highest BCUT2D eigenvalue weighted by atomic mass is 19.4. The molecule has 0 spiro atoms. The van der Waals surface area contributed by atoms with Crippen LogP contribution in [-0.2, 0) is 19.3 Å². The van der Waals surface area contributed by atoms with E-state index < -0.39 is 23.3 Å². The molecule has 1 amide bonds. The standard InChI is InChI=1S/C25H30F3N7O/c1-16-9-31-34(12-16)13-17-5-7-18(8-6-17)14-35-15-21(23(33-35)25(26,27)28)24(36)29-10-19-3-2-4-22-20(19)11-30-32-22/h5-9,12,15,19-20,22,30,32H,2-4,10-11,13-14H2,1H3,(H,29,36). The predicted octanol–water partition coefficient (Wildman–Crippen LogP) is 3.13. The number of amides is 1. The Labute approximate surface area is 207 Å². The van der Waals surface area contributed by atoms with Gasteiger partial charge in [0.1, 0.15) is 0 Å². The number of rotatable bonds is 7. The van der Waals surface area contributed by atoms with Crippen molar-refractivity contribution in [1.82, 2.24) is 35.7 Å². The van der Waals surface area contributed by atoms with Gasteiger partial charge in [0.25, 0.3) is 5.91 Å². The minimum atomic E-state index is -4.72. The fraction of sp³-hybridized carbons (Fsp3) is 0.480. The van der Waals surface area contributed by atoms with Crippen LogP contribution in [0.2, 0.25) is 0 Å². The number of hydrogen-bond acceptors (Lipinski definition) is 5. The van der Waals surface area contributed by atoms with Crippen molar-refractivity contribution < 1.29 is 18.0 Å². The molecule has 3 unspecified atom stereocenters. The molecular formula is C25H30F3N7O. The molecule has 1 aliphatic carbocycles. The van der Waals surface area contributed by atoms with E-state index in [1.54, 1.807) is 6.20 Å². The van der Waals surface area contributed by atoms with Crippen molar-refractivity contribution in [2.45, 2.75) is 51.5 Å². The summed E-state index contributed by atoms with van der Waals surface area (Å²) >= 11 is 0. The summed E-state index contributed by atoms with van der Waals surface area (Å²) < 4.78 is 44.1. The normalized spacial score (nSPS) is 21.9. The highest BCUT2D eigenvalue weighted by Crippen LogP contribution is 2.33. The zero-order chi connectivity index (χ0) is 25.3. The van der Waals surface area contributed by atoms with Gasteiger partial charge < -0.3 is 5.32 Å². The van der Waals surface area contributed by atoms with Crippen LogP contribution in [-0.4, -0.2) is 44.6 Å². The van der Waals surface area contributed by atoms with Crippen molar-refractivity contribution in [3.63, 3.8) is 0 Å². The van der Waals surface area contributed by atoms with Crippen LogP contribution in [0.25, 0.3) is 0 Å². The van der Waals surface area contributed by atoms with Crippen molar-refractivity contribution >= 4 is 5.91 Å². The second-order valence-electron chi connectivity index (χ2n) is 9.82. The largest absolute Gasteiger partial charge is 0.435 e. The maximum atomic E-state index is 13.7. The van der Waals surface area contributed by atoms with E-state index >= 15 is 0 Å². The molecule has 2 aliphatic rings. The zero-order valence-corrected chi connectivity index (χ0v) is 20.1. The highest BCUT2D eigenvalue weighted by molar-refractivity contribution is 5.95. The predicted molar refractivity (Wildman–Crippen MR) is 127 cm³/mol. The average Bonchev–Trinajstić information content (AvgIpc) is 3.58. The minimum Gasteiger partial charge on any atom is -0.352 e. The van der Waals surface area contributed by atoms with Gasteiger partial charge in [0.2, 0.25) is 0 Å². The Morgan fingerprint density at radius 3 is 2.50 bits per heavy atom. The van der Waals surface area contributed by atoms with E-state index in [9.17, 15) is 18.0 Å². The lowest BCUT2D eigenvalue weighted by atomic mass is 9.77. The summed E-state index contributed by atoms with van der Waals surface area (Å²) in [6.07, 6.45) is 3.25. The second kappa shape index (κ2) is 10.1. The molecule has 3 heterocycles. The fourth-order valence-corrected chi connectivity index (χ4v) is 5.28. The molecule has 192 valence electrons. The van der Waals surface area contributed by atoms with Crippen molar-refractivity contribution in [1.29, 1.82) is 0 Å². The minimum absolute atomic E-state index is 0.126. The van der Waals surface area contributed by atoms with E-state index in [1.165, 1.54) is 10.9 Å². The first-order valence-corrected chi connectivity index (χ1v) is 12.2. The number of fused-ring (bicyclic) bond motifs is 1. The van der Waals surface area contributed by atoms with Crippen LogP contribution < -0.4 is 16.2 Å². The van der Waals surface area contributed by atoms with Gasteiger partial charge in [0.05, 0.1) is 24.8 Å². The molecule has 2 aromatic heterocycles. The molecule has 36 heavy (non-hydrogen) atoms. The highest BCUT2D eigenvalue weighted by Gasteiger charge is 2.40. The average molecular weight is 502 g/mol. The van der Waals surface area contributed by atoms with Crippen LogP contribution in [0.5, 0.6) is 0 Å². The molecule has 11 heteroatoms. The first-order chi connectivity index (χ1) is 17.3. The van der Waals surface area contributed by atoms with E-state index in [1.807, 2.05) is 42.1 Å². The number of alkyl halides is 3. The Balaban J connectivity index is 1.26. The van der Waals surface area contributed by atoms with E-state index in [0.29, 0.717) is 25.0 Å². The lowest BCUT2D eigenvalue weighted by Gasteiger charge is -2.32. The number of halogens is 3. The third kappa shape index (κ3) is 5.46. The van der Waals surface area contributed by atoms with Crippen LogP contribution in [0.3, 0.4) is 0 Å². The summed E-state index contributed by atoms with van der Waals surface area (Å²) in [6, 6.07) is 7.88. The number of nitrogens with zero attached hydrogens (tertiary/aromatic N) is 4. The number of nitrogens with one attached hydrogen (secondary N) is 3. The Morgan fingerprint density at radius 2 is 1.83 bits per heavy atom.